The molecule has 0 saturated carbocycles. The minimum atomic E-state index is -0.440. The van der Waals surface area contributed by atoms with Crippen LogP contribution in [-0.2, 0) is 30.8 Å². The SMILES string of the molecule is C[C@H](NC(=O)Cn1nnnc1CN1CCc2ccccc2C1)c1n[nH]c(=O)[nH]1. The van der Waals surface area contributed by atoms with Crippen LogP contribution >= 0.6 is 0 Å². The lowest BCUT2D eigenvalue weighted by molar-refractivity contribution is -0.122. The Morgan fingerprint density at radius 2 is 2.14 bits per heavy atom. The second-order valence-corrected chi connectivity index (χ2v) is 6.83. The molecule has 1 aliphatic heterocycles. The maximum Gasteiger partial charge on any atom is 0.340 e. The maximum atomic E-state index is 12.3. The first-order valence-corrected chi connectivity index (χ1v) is 9.06. The van der Waals surface area contributed by atoms with Crippen molar-refractivity contribution < 1.29 is 4.79 Å². The van der Waals surface area contributed by atoms with Gasteiger partial charge in [-0.3, -0.25) is 14.7 Å². The predicted octanol–water partition coefficient (Wildman–Crippen LogP) is -0.480. The standard InChI is InChI=1S/C17H21N9O2/c1-11(16-19-17(28)22-21-16)18-15(27)10-26-14(20-23-24-26)9-25-7-6-12-4-2-3-5-13(12)8-25/h2-5,11H,6-10H2,1H3,(H,18,27)(H2,19,21,22,28)/t11-/m0/s1. The van der Waals surface area contributed by atoms with Gasteiger partial charge in [-0.25, -0.2) is 14.6 Å². The van der Waals surface area contributed by atoms with Crippen molar-refractivity contribution in [2.24, 2.45) is 0 Å². The Morgan fingerprint density at radius 3 is 2.93 bits per heavy atom. The van der Waals surface area contributed by atoms with E-state index in [0.29, 0.717) is 18.2 Å². The number of nitrogens with one attached hydrogen (secondary N) is 3. The molecule has 2 aromatic heterocycles. The largest absolute Gasteiger partial charge is 0.345 e. The highest BCUT2D eigenvalue weighted by molar-refractivity contribution is 5.76. The second kappa shape index (κ2) is 7.72. The average molecular weight is 383 g/mol. The number of hydrogen-bond acceptors (Lipinski definition) is 7. The molecule has 146 valence electrons. The Balaban J connectivity index is 1.36. The van der Waals surface area contributed by atoms with Gasteiger partial charge < -0.3 is 5.32 Å². The predicted molar refractivity (Wildman–Crippen MR) is 97.8 cm³/mol. The molecule has 3 N–H and O–H groups in total. The highest BCUT2D eigenvalue weighted by Gasteiger charge is 2.20. The van der Waals surface area contributed by atoms with E-state index in [4.69, 9.17) is 0 Å². The van der Waals surface area contributed by atoms with Crippen LogP contribution in [-0.4, -0.2) is 52.7 Å². The lowest BCUT2D eigenvalue weighted by Gasteiger charge is -2.28. The third kappa shape index (κ3) is 3.98. The van der Waals surface area contributed by atoms with Crippen LogP contribution in [0.25, 0.3) is 0 Å². The number of H-pyrrole nitrogens is 2. The number of fused-ring (bicyclic) bond motifs is 1. The monoisotopic (exact) mass is 383 g/mol. The Kier molecular flexibility index (Phi) is 4.98. The van der Waals surface area contributed by atoms with E-state index in [2.05, 4.69) is 59.1 Å². The molecule has 1 atom stereocenters. The first kappa shape index (κ1) is 18.0. The molecule has 0 radical (unpaired) electrons. The highest BCUT2D eigenvalue weighted by atomic mass is 16.2. The fourth-order valence-corrected chi connectivity index (χ4v) is 3.33. The fourth-order valence-electron chi connectivity index (χ4n) is 3.33. The van der Waals surface area contributed by atoms with Gasteiger partial charge in [-0.05, 0) is 34.9 Å². The molecule has 28 heavy (non-hydrogen) atoms. The van der Waals surface area contributed by atoms with Crippen LogP contribution in [0.3, 0.4) is 0 Å². The number of nitrogens with zero attached hydrogens (tertiary/aromatic N) is 6. The van der Waals surface area contributed by atoms with Gasteiger partial charge in [-0.15, -0.1) is 5.10 Å². The van der Waals surface area contributed by atoms with Gasteiger partial charge in [0.15, 0.2) is 11.6 Å². The van der Waals surface area contributed by atoms with Gasteiger partial charge in [0.2, 0.25) is 5.91 Å². The van der Waals surface area contributed by atoms with Crippen molar-refractivity contribution >= 4 is 5.91 Å². The van der Waals surface area contributed by atoms with Crippen LogP contribution in [0.15, 0.2) is 29.1 Å². The zero-order valence-corrected chi connectivity index (χ0v) is 15.4. The van der Waals surface area contributed by atoms with E-state index < -0.39 is 11.7 Å². The van der Waals surface area contributed by atoms with Crippen molar-refractivity contribution in [3.05, 3.63) is 57.5 Å². The summed E-state index contributed by atoms with van der Waals surface area (Å²) < 4.78 is 1.50. The third-order valence-corrected chi connectivity index (χ3v) is 4.78. The Bertz CT molecular complexity index is 1020. The van der Waals surface area contributed by atoms with Gasteiger partial charge in [0.05, 0.1) is 12.6 Å². The molecule has 0 saturated heterocycles. The van der Waals surface area contributed by atoms with Crippen LogP contribution < -0.4 is 11.0 Å². The first-order chi connectivity index (χ1) is 13.6. The zero-order valence-electron chi connectivity index (χ0n) is 15.4. The molecule has 0 spiro atoms. The topological polar surface area (TPSA) is 137 Å². The van der Waals surface area contributed by atoms with Crippen molar-refractivity contribution in [1.29, 1.82) is 0 Å². The summed E-state index contributed by atoms with van der Waals surface area (Å²) >= 11 is 0. The van der Waals surface area contributed by atoms with E-state index in [1.807, 2.05) is 6.07 Å². The zero-order chi connectivity index (χ0) is 19.5. The quantitative estimate of drug-likeness (QED) is 0.523. The molecule has 11 nitrogen and oxygen atoms in total. The van der Waals surface area contributed by atoms with Crippen LogP contribution in [0.5, 0.6) is 0 Å². The van der Waals surface area contributed by atoms with Gasteiger partial charge in [0, 0.05) is 13.1 Å². The molecule has 3 heterocycles. The molecule has 0 fully saturated rings. The minimum absolute atomic E-state index is 0.00818. The minimum Gasteiger partial charge on any atom is -0.345 e. The third-order valence-electron chi connectivity index (χ3n) is 4.78. The molecule has 4 rings (SSSR count). The summed E-state index contributed by atoms with van der Waals surface area (Å²) in [5.74, 6) is 0.728. The molecule has 1 aliphatic rings. The lowest BCUT2D eigenvalue weighted by Crippen LogP contribution is -2.34. The summed E-state index contributed by atoms with van der Waals surface area (Å²) in [7, 11) is 0. The van der Waals surface area contributed by atoms with Gasteiger partial charge in [-0.1, -0.05) is 24.3 Å². The van der Waals surface area contributed by atoms with Crippen molar-refractivity contribution in [2.45, 2.75) is 39.0 Å². The molecule has 11 heteroatoms. The van der Waals surface area contributed by atoms with Crippen molar-refractivity contribution in [2.75, 3.05) is 6.54 Å². The van der Waals surface area contributed by atoms with E-state index in [-0.39, 0.29) is 12.5 Å². The Hall–Kier alpha value is -3.34. The number of carbonyl (C=O) groups is 1. The molecule has 1 amide bonds. The average Bonchev–Trinajstić information content (AvgIpc) is 3.31. The van der Waals surface area contributed by atoms with Crippen LogP contribution in [0.1, 0.15) is 35.7 Å². The van der Waals surface area contributed by atoms with Crippen LogP contribution in [0.4, 0.5) is 0 Å². The number of rotatable bonds is 6. The first-order valence-electron chi connectivity index (χ1n) is 9.06. The number of aromatic amines is 2. The van der Waals surface area contributed by atoms with Gasteiger partial charge >= 0.3 is 5.69 Å². The second-order valence-electron chi connectivity index (χ2n) is 6.83. The molecular formula is C17H21N9O2. The normalized spacial score (nSPS) is 15.2. The molecule has 0 bridgehead atoms. The van der Waals surface area contributed by atoms with Crippen molar-refractivity contribution in [1.82, 2.24) is 45.6 Å². The molecule has 1 aromatic carbocycles. The van der Waals surface area contributed by atoms with Gasteiger partial charge in [0.1, 0.15) is 6.54 Å². The fraction of sp³-hybridized carbons (Fsp3) is 0.412. The van der Waals surface area contributed by atoms with Crippen LogP contribution in [0, 0.1) is 0 Å². The number of amides is 1. The molecule has 0 aliphatic carbocycles. The van der Waals surface area contributed by atoms with E-state index >= 15 is 0 Å². The Morgan fingerprint density at radius 1 is 1.32 bits per heavy atom. The van der Waals surface area contributed by atoms with Crippen LogP contribution in [0.2, 0.25) is 0 Å². The lowest BCUT2D eigenvalue weighted by atomic mass is 10.00. The van der Waals surface area contributed by atoms with E-state index in [0.717, 1.165) is 19.5 Å². The smallest absolute Gasteiger partial charge is 0.340 e. The van der Waals surface area contributed by atoms with E-state index in [1.165, 1.54) is 15.8 Å². The number of carbonyl (C=O) groups excluding carboxylic acids is 1. The molecular weight excluding hydrogens is 362 g/mol. The summed E-state index contributed by atoms with van der Waals surface area (Å²) in [6.07, 6.45) is 0.984. The maximum absolute atomic E-state index is 12.3. The van der Waals surface area contributed by atoms with E-state index in [9.17, 15) is 9.59 Å². The van der Waals surface area contributed by atoms with Crippen molar-refractivity contribution in [3.8, 4) is 0 Å². The summed E-state index contributed by atoms with van der Waals surface area (Å²) in [6.45, 7) is 4.04. The summed E-state index contributed by atoms with van der Waals surface area (Å²) in [5.41, 5.74) is 2.28. The summed E-state index contributed by atoms with van der Waals surface area (Å²) in [6, 6.07) is 7.97. The van der Waals surface area contributed by atoms with Crippen molar-refractivity contribution in [3.63, 3.8) is 0 Å². The number of hydrogen-bond donors (Lipinski definition) is 3. The number of benzene rings is 1. The van der Waals surface area contributed by atoms with Gasteiger partial charge in [-0.2, -0.15) is 5.10 Å². The highest BCUT2D eigenvalue weighted by Crippen LogP contribution is 2.19. The van der Waals surface area contributed by atoms with Gasteiger partial charge in [0.25, 0.3) is 0 Å². The summed E-state index contributed by atoms with van der Waals surface area (Å²) in [4.78, 5) is 28.3. The molecule has 3 aromatic rings. The van der Waals surface area contributed by atoms with E-state index in [1.54, 1.807) is 6.92 Å². The number of aromatic nitrogens is 7. The molecule has 0 unspecified atom stereocenters. The number of tetrazole rings is 1. The summed E-state index contributed by atoms with van der Waals surface area (Å²) in [5, 5.41) is 20.6. The Labute approximate surface area is 160 Å².